The van der Waals surface area contributed by atoms with Crippen LogP contribution in [0, 0.1) is 12.1 Å². The zero-order chi connectivity index (χ0) is 27.6. The van der Waals surface area contributed by atoms with Gasteiger partial charge in [-0.1, -0.05) is 41.9 Å². The smallest absolute Gasteiger partial charge is 0.415 e. The first kappa shape index (κ1) is 26.3. The van der Waals surface area contributed by atoms with Crippen LogP contribution in [0.25, 0.3) is 11.0 Å². The molecule has 0 aliphatic rings. The molecule has 0 fully saturated rings. The Morgan fingerprint density at radius 3 is 2.54 bits per heavy atom. The Morgan fingerprint density at radius 1 is 1.00 bits per heavy atom. The molecule has 5 rings (SSSR count). The lowest BCUT2D eigenvalue weighted by Gasteiger charge is -2.10. The minimum Gasteiger partial charge on any atom is -0.490 e. The largest absolute Gasteiger partial charge is 0.490 e. The van der Waals surface area contributed by atoms with E-state index in [9.17, 15) is 18.4 Å². The van der Waals surface area contributed by atoms with Gasteiger partial charge in [-0.15, -0.1) is 0 Å². The maximum absolute atomic E-state index is 12.8. The van der Waals surface area contributed by atoms with Crippen LogP contribution < -0.4 is 20.0 Å². The van der Waals surface area contributed by atoms with Gasteiger partial charge in [-0.3, -0.25) is 4.63 Å². The van der Waals surface area contributed by atoms with E-state index in [1.54, 1.807) is 36.4 Å². The number of aromatic nitrogens is 2. The first-order valence-corrected chi connectivity index (χ1v) is 13.6. The fourth-order valence-corrected chi connectivity index (χ4v) is 5.57. The van der Waals surface area contributed by atoms with Crippen LogP contribution in [-0.2, 0) is 16.3 Å². The van der Waals surface area contributed by atoms with Crippen LogP contribution >= 0.6 is 11.6 Å². The maximum Gasteiger partial charge on any atom is 0.415 e. The van der Waals surface area contributed by atoms with Crippen LogP contribution in [0.15, 0.2) is 96.6 Å². The minimum atomic E-state index is -4.22. The molecule has 5 aromatic rings. The highest BCUT2D eigenvalue weighted by Crippen LogP contribution is 2.27. The van der Waals surface area contributed by atoms with E-state index in [2.05, 4.69) is 9.79 Å². The second-order valence-corrected chi connectivity index (χ2v) is 10.8. The highest BCUT2D eigenvalue weighted by atomic mass is 35.5. The molecule has 0 N–H and O–H groups in total. The molecule has 0 aliphatic heterocycles. The van der Waals surface area contributed by atoms with Crippen molar-refractivity contribution in [3.8, 4) is 11.6 Å². The van der Waals surface area contributed by atoms with E-state index in [0.29, 0.717) is 28.3 Å². The van der Waals surface area contributed by atoms with E-state index in [4.69, 9.17) is 25.5 Å². The predicted octanol–water partition coefficient (Wildman–Crippen LogP) is 4.26. The van der Waals surface area contributed by atoms with Gasteiger partial charge in [-0.2, -0.15) is 0 Å². The van der Waals surface area contributed by atoms with Gasteiger partial charge in [-0.25, -0.2) is 13.2 Å². The summed E-state index contributed by atoms with van der Waals surface area (Å²) in [6.45, 7) is 1.68. The lowest BCUT2D eigenvalue weighted by atomic mass is 9.99. The third-order valence-corrected chi connectivity index (χ3v) is 7.93. The van der Waals surface area contributed by atoms with Crippen molar-refractivity contribution in [3.05, 3.63) is 110 Å². The molecule has 0 atom stereocenters. The van der Waals surface area contributed by atoms with Crippen LogP contribution in [0.3, 0.4) is 0 Å². The van der Waals surface area contributed by atoms with Gasteiger partial charge in [0, 0.05) is 28.5 Å². The SMILES string of the molecule is Cc1c(Cc2cccc(Cl)c2)c(=O)oc2cc(OCCOc3no[n+]([O-])c3S(=O)(=O)c3ccccc3)ccc12. The Bertz CT molecular complexity index is 1820. The van der Waals surface area contributed by atoms with Crippen LogP contribution in [-0.4, -0.2) is 26.8 Å². The van der Waals surface area contributed by atoms with Gasteiger partial charge in [0.25, 0.3) is 9.84 Å². The number of benzene rings is 3. The summed E-state index contributed by atoms with van der Waals surface area (Å²) in [6.07, 6.45) is 0.383. The monoisotopic (exact) mass is 568 g/mol. The molecule has 2 aromatic heterocycles. The molecule has 0 unspecified atom stereocenters. The van der Waals surface area contributed by atoms with Gasteiger partial charge in [-0.05, 0) is 59.4 Å². The first-order chi connectivity index (χ1) is 18.7. The Balaban J connectivity index is 1.28. The van der Waals surface area contributed by atoms with E-state index in [0.717, 1.165) is 16.5 Å². The molecule has 0 aliphatic carbocycles. The standard InChI is InChI=1S/C27H21ClN2O8S/c1-17-22-11-10-20(16-24(22)37-27(31)23(17)15-18-6-5-7-19(28)14-18)35-12-13-36-25-26(30(32)38-29-25)39(33,34)21-8-3-2-4-9-21/h2-11,14,16H,12-13,15H2,1H3. The van der Waals surface area contributed by atoms with Gasteiger partial charge in [0.2, 0.25) is 0 Å². The van der Waals surface area contributed by atoms with Gasteiger partial charge in [0.05, 0.1) is 10.1 Å². The topological polar surface area (TPSA) is 136 Å². The summed E-state index contributed by atoms with van der Waals surface area (Å²) >= 11 is 6.07. The number of hydrogen-bond acceptors (Lipinski definition) is 9. The van der Waals surface area contributed by atoms with Crippen molar-refractivity contribution in [1.29, 1.82) is 0 Å². The fraction of sp³-hybridized carbons (Fsp3) is 0.148. The van der Waals surface area contributed by atoms with E-state index < -0.39 is 26.4 Å². The molecular formula is C27H21ClN2O8S. The molecule has 0 radical (unpaired) electrons. The fourth-order valence-electron chi connectivity index (χ4n) is 4.06. The van der Waals surface area contributed by atoms with Crippen molar-refractivity contribution in [1.82, 2.24) is 5.16 Å². The number of fused-ring (bicyclic) bond motifs is 1. The number of sulfone groups is 1. The summed E-state index contributed by atoms with van der Waals surface area (Å²) in [4.78, 5) is 12.4. The zero-order valence-corrected chi connectivity index (χ0v) is 22.1. The number of aryl methyl sites for hydroxylation is 1. The lowest BCUT2D eigenvalue weighted by Crippen LogP contribution is -2.31. The highest BCUT2D eigenvalue weighted by Gasteiger charge is 2.35. The average Bonchev–Trinajstić information content (AvgIpc) is 3.30. The molecule has 12 heteroatoms. The summed E-state index contributed by atoms with van der Waals surface area (Å²) in [5, 5.41) is 16.0. The second kappa shape index (κ2) is 10.8. The number of rotatable bonds is 9. The van der Waals surface area contributed by atoms with Crippen molar-refractivity contribution in [3.63, 3.8) is 0 Å². The van der Waals surface area contributed by atoms with E-state index in [1.807, 2.05) is 19.1 Å². The predicted molar refractivity (Wildman–Crippen MR) is 140 cm³/mol. The Morgan fingerprint density at radius 2 is 1.77 bits per heavy atom. The maximum atomic E-state index is 12.8. The number of nitrogens with zero attached hydrogens (tertiary/aromatic N) is 2. The summed E-state index contributed by atoms with van der Waals surface area (Å²) in [5.41, 5.74) is 2.12. The van der Waals surface area contributed by atoms with Crippen LogP contribution in [0.4, 0.5) is 0 Å². The van der Waals surface area contributed by atoms with Crippen LogP contribution in [0.1, 0.15) is 16.7 Å². The van der Waals surface area contributed by atoms with Crippen molar-refractivity contribution in [2.24, 2.45) is 0 Å². The summed E-state index contributed by atoms with van der Waals surface area (Å²) < 4.78 is 46.8. The van der Waals surface area contributed by atoms with Gasteiger partial charge < -0.3 is 19.1 Å². The molecule has 0 saturated heterocycles. The molecule has 0 amide bonds. The van der Waals surface area contributed by atoms with Crippen molar-refractivity contribution in [2.45, 2.75) is 23.3 Å². The summed E-state index contributed by atoms with van der Waals surface area (Å²) in [5.74, 6) is -0.0859. The Kier molecular flexibility index (Phi) is 7.27. The van der Waals surface area contributed by atoms with E-state index in [1.165, 1.54) is 24.3 Å². The molecule has 0 bridgehead atoms. The molecule has 39 heavy (non-hydrogen) atoms. The molecule has 2 heterocycles. The molecule has 0 spiro atoms. The molecule has 200 valence electrons. The van der Waals surface area contributed by atoms with E-state index in [-0.39, 0.29) is 23.0 Å². The zero-order valence-electron chi connectivity index (χ0n) is 20.5. The number of halogens is 1. The van der Waals surface area contributed by atoms with Gasteiger partial charge in [0.15, 0.2) is 0 Å². The summed E-state index contributed by atoms with van der Waals surface area (Å²) in [7, 11) is -4.22. The first-order valence-electron chi connectivity index (χ1n) is 11.7. The third kappa shape index (κ3) is 5.45. The van der Waals surface area contributed by atoms with Crippen molar-refractivity contribution in [2.75, 3.05) is 13.2 Å². The minimum absolute atomic E-state index is 0.0296. The molecule has 10 nitrogen and oxygen atoms in total. The second-order valence-electron chi connectivity index (χ2n) is 8.51. The molecular weight excluding hydrogens is 548 g/mol. The number of ether oxygens (including phenoxy) is 2. The normalized spacial score (nSPS) is 11.5. The summed E-state index contributed by atoms with van der Waals surface area (Å²) in [6, 6.07) is 19.8. The van der Waals surface area contributed by atoms with Crippen molar-refractivity contribution >= 4 is 32.4 Å². The Hall–Kier alpha value is -4.35. The van der Waals surface area contributed by atoms with Gasteiger partial charge in [0.1, 0.15) is 24.5 Å². The Labute approximate surface area is 227 Å². The van der Waals surface area contributed by atoms with E-state index >= 15 is 0 Å². The highest BCUT2D eigenvalue weighted by molar-refractivity contribution is 7.91. The lowest BCUT2D eigenvalue weighted by molar-refractivity contribution is -0.832. The molecule has 3 aromatic carbocycles. The van der Waals surface area contributed by atoms with Crippen LogP contribution in [0.5, 0.6) is 11.6 Å². The number of hydrogen-bond donors (Lipinski definition) is 0. The van der Waals surface area contributed by atoms with Gasteiger partial charge >= 0.3 is 16.5 Å². The van der Waals surface area contributed by atoms with Crippen molar-refractivity contribution < 1.29 is 31.8 Å². The molecule has 0 saturated carbocycles. The quantitative estimate of drug-likeness (QED) is 0.145. The average molecular weight is 569 g/mol. The third-order valence-electron chi connectivity index (χ3n) is 5.97. The van der Waals surface area contributed by atoms with Crippen LogP contribution in [0.2, 0.25) is 5.02 Å².